The van der Waals surface area contributed by atoms with Crippen LogP contribution in [0.15, 0.2) is 20.0 Å². The summed E-state index contributed by atoms with van der Waals surface area (Å²) < 4.78 is 0.314. The fourth-order valence-electron chi connectivity index (χ4n) is 0.820. The fraction of sp³-hybridized carbons (Fsp3) is 0. The van der Waals surface area contributed by atoms with Crippen LogP contribution >= 0.6 is 15.9 Å². The van der Waals surface area contributed by atoms with Crippen LogP contribution in [0.5, 0.6) is 0 Å². The highest BCUT2D eigenvalue weighted by Crippen LogP contribution is 2.09. The van der Waals surface area contributed by atoms with Crippen molar-refractivity contribution in [2.45, 2.75) is 0 Å². The Hall–Kier alpha value is -1.37. The van der Waals surface area contributed by atoms with Crippen LogP contribution in [-0.4, -0.2) is 28.2 Å². The molecule has 0 aliphatic carbocycles. The van der Waals surface area contributed by atoms with Gasteiger partial charge in [0.15, 0.2) is 16.3 Å². The topological polar surface area (TPSA) is 92.5 Å². The van der Waals surface area contributed by atoms with E-state index in [1.165, 1.54) is 0 Å². The Bertz CT molecular complexity index is 391. The second kappa shape index (κ2) is 2.31. The highest BCUT2D eigenvalue weighted by molar-refractivity contribution is 9.18. The van der Waals surface area contributed by atoms with Gasteiger partial charge in [0.1, 0.15) is 0 Å². The lowest BCUT2D eigenvalue weighted by Crippen LogP contribution is -2.28. The number of halogens is 1. The van der Waals surface area contributed by atoms with Crippen molar-refractivity contribution < 1.29 is 4.79 Å². The van der Waals surface area contributed by atoms with Crippen molar-refractivity contribution in [1.82, 2.24) is 0 Å². The first-order valence-electron chi connectivity index (χ1n) is 2.97. The highest BCUT2D eigenvalue weighted by Gasteiger charge is 2.27. The summed E-state index contributed by atoms with van der Waals surface area (Å²) in [6, 6.07) is 0. The zero-order valence-electron chi connectivity index (χ0n) is 5.65. The summed E-state index contributed by atoms with van der Waals surface area (Å²) in [6.07, 6.45) is 0. The quantitative estimate of drug-likeness (QED) is 0.563. The SMILES string of the molecule is NC1=NC(=O)C2=NC(Br)=NC2=N1. The van der Waals surface area contributed by atoms with E-state index in [0.717, 1.165) is 0 Å². The second-order valence-corrected chi connectivity index (χ2v) is 2.76. The second-order valence-electron chi connectivity index (χ2n) is 2.05. The average Bonchev–Trinajstić information content (AvgIpc) is 2.29. The van der Waals surface area contributed by atoms with Gasteiger partial charge in [0.25, 0.3) is 0 Å². The Kier molecular flexibility index (Phi) is 1.40. The third-order valence-electron chi connectivity index (χ3n) is 1.25. The van der Waals surface area contributed by atoms with Gasteiger partial charge in [0.2, 0.25) is 5.96 Å². The van der Waals surface area contributed by atoms with Gasteiger partial charge < -0.3 is 5.73 Å². The van der Waals surface area contributed by atoms with E-state index in [-0.39, 0.29) is 17.5 Å². The first-order chi connectivity index (χ1) is 5.66. The Morgan fingerprint density at radius 2 is 1.92 bits per heavy atom. The van der Waals surface area contributed by atoms with Gasteiger partial charge in [-0.1, -0.05) is 0 Å². The number of hydrogen-bond donors (Lipinski definition) is 1. The standard InChI is InChI=1S/C5H2BrN5O/c6-4-8-1-2(9-4)10-5(7)11-3(1)12/h(H2,7,11,12). The number of aliphatic imine (C=N–C) groups is 4. The van der Waals surface area contributed by atoms with Gasteiger partial charge in [-0.2, -0.15) is 15.0 Å². The number of fused-ring (bicyclic) bond motifs is 1. The minimum absolute atomic E-state index is 0.0834. The van der Waals surface area contributed by atoms with Gasteiger partial charge in [0.05, 0.1) is 0 Å². The molecule has 12 heavy (non-hydrogen) atoms. The molecule has 2 rings (SSSR count). The summed E-state index contributed by atoms with van der Waals surface area (Å²) in [6.45, 7) is 0. The third-order valence-corrected chi connectivity index (χ3v) is 1.61. The number of rotatable bonds is 0. The van der Waals surface area contributed by atoms with Gasteiger partial charge in [-0.15, -0.1) is 0 Å². The lowest BCUT2D eigenvalue weighted by molar-refractivity contribution is -0.111. The molecule has 2 aliphatic rings. The Balaban J connectivity index is 2.54. The largest absolute Gasteiger partial charge is 0.368 e. The molecule has 60 valence electrons. The summed E-state index contributed by atoms with van der Waals surface area (Å²) in [4.78, 5) is 25.8. The lowest BCUT2D eigenvalue weighted by Gasteiger charge is -2.01. The van der Waals surface area contributed by atoms with E-state index in [0.29, 0.717) is 4.74 Å². The maximum Gasteiger partial charge on any atom is 0.302 e. The molecule has 0 saturated heterocycles. The molecule has 0 aromatic carbocycles. The summed E-state index contributed by atoms with van der Waals surface area (Å²) in [5, 5.41) is 0. The van der Waals surface area contributed by atoms with Gasteiger partial charge in [-0.25, -0.2) is 4.99 Å². The number of amidine groups is 2. The average molecular weight is 228 g/mol. The van der Waals surface area contributed by atoms with Gasteiger partial charge >= 0.3 is 5.91 Å². The van der Waals surface area contributed by atoms with E-state index >= 15 is 0 Å². The molecule has 0 aromatic heterocycles. The van der Waals surface area contributed by atoms with Gasteiger partial charge in [-0.3, -0.25) is 4.79 Å². The zero-order valence-corrected chi connectivity index (χ0v) is 7.24. The molecular formula is C5H2BrN5O. The van der Waals surface area contributed by atoms with Crippen LogP contribution in [0.25, 0.3) is 0 Å². The van der Waals surface area contributed by atoms with Crippen LogP contribution < -0.4 is 5.73 Å². The monoisotopic (exact) mass is 227 g/mol. The maximum atomic E-state index is 11.1. The molecular weight excluding hydrogens is 226 g/mol. The summed E-state index contributed by atoms with van der Waals surface area (Å²) in [5.41, 5.74) is 5.36. The highest BCUT2D eigenvalue weighted by atomic mass is 79.9. The van der Waals surface area contributed by atoms with Crippen LogP contribution in [0.1, 0.15) is 0 Å². The van der Waals surface area contributed by atoms with Crippen LogP contribution in [0.2, 0.25) is 0 Å². The minimum atomic E-state index is -0.504. The number of nitrogens with zero attached hydrogens (tertiary/aromatic N) is 4. The summed E-state index contributed by atoms with van der Waals surface area (Å²) in [5.74, 6) is -0.366. The number of amides is 1. The molecule has 0 radical (unpaired) electrons. The molecule has 2 heterocycles. The molecule has 2 N–H and O–H groups in total. The Morgan fingerprint density at radius 3 is 2.67 bits per heavy atom. The molecule has 0 fully saturated rings. The Morgan fingerprint density at radius 1 is 1.17 bits per heavy atom. The van der Waals surface area contributed by atoms with Crippen molar-refractivity contribution in [2.75, 3.05) is 0 Å². The minimum Gasteiger partial charge on any atom is -0.368 e. The van der Waals surface area contributed by atoms with Crippen molar-refractivity contribution in [2.24, 2.45) is 25.7 Å². The van der Waals surface area contributed by atoms with E-state index in [4.69, 9.17) is 5.73 Å². The van der Waals surface area contributed by atoms with Crippen LogP contribution in [0, 0.1) is 0 Å². The number of nitrogens with two attached hydrogens (primary N) is 1. The lowest BCUT2D eigenvalue weighted by atomic mass is 10.3. The predicted molar refractivity (Wildman–Crippen MR) is 47.9 cm³/mol. The van der Waals surface area contributed by atoms with Crippen molar-refractivity contribution >= 4 is 44.1 Å². The first kappa shape index (κ1) is 7.29. The molecule has 0 aromatic rings. The zero-order chi connectivity index (χ0) is 8.72. The normalized spacial score (nSPS) is 20.9. The van der Waals surface area contributed by atoms with Crippen LogP contribution in [0.3, 0.4) is 0 Å². The van der Waals surface area contributed by atoms with E-state index in [1.807, 2.05) is 0 Å². The van der Waals surface area contributed by atoms with Crippen molar-refractivity contribution in [3.05, 3.63) is 0 Å². The number of guanidine groups is 1. The smallest absolute Gasteiger partial charge is 0.302 e. The molecule has 2 aliphatic heterocycles. The molecule has 0 atom stereocenters. The fourth-order valence-corrected chi connectivity index (χ4v) is 1.16. The predicted octanol–water partition coefficient (Wildman–Crippen LogP) is -0.555. The number of carbonyl (C=O) groups excluding carboxylic acids is 1. The molecule has 0 spiro atoms. The molecule has 6 nitrogen and oxygen atoms in total. The molecule has 0 saturated carbocycles. The van der Waals surface area contributed by atoms with E-state index in [9.17, 15) is 4.79 Å². The van der Waals surface area contributed by atoms with Crippen molar-refractivity contribution in [3.8, 4) is 0 Å². The van der Waals surface area contributed by atoms with E-state index in [1.54, 1.807) is 0 Å². The third kappa shape index (κ3) is 0.981. The van der Waals surface area contributed by atoms with E-state index in [2.05, 4.69) is 35.9 Å². The summed E-state index contributed by atoms with van der Waals surface area (Å²) >= 11 is 3.01. The van der Waals surface area contributed by atoms with E-state index < -0.39 is 5.91 Å². The van der Waals surface area contributed by atoms with Crippen LogP contribution in [0.4, 0.5) is 0 Å². The molecule has 1 amide bonds. The molecule has 7 heteroatoms. The van der Waals surface area contributed by atoms with Gasteiger partial charge in [0, 0.05) is 0 Å². The van der Waals surface area contributed by atoms with Crippen molar-refractivity contribution in [3.63, 3.8) is 0 Å². The Labute approximate surface area is 75.1 Å². The van der Waals surface area contributed by atoms with Gasteiger partial charge in [-0.05, 0) is 15.9 Å². The number of carbonyl (C=O) groups is 1. The van der Waals surface area contributed by atoms with Crippen molar-refractivity contribution in [1.29, 1.82) is 0 Å². The molecule has 0 unspecified atom stereocenters. The van der Waals surface area contributed by atoms with Crippen LogP contribution in [-0.2, 0) is 4.79 Å². The molecule has 0 bridgehead atoms. The number of hydrogen-bond acceptors (Lipinski definition) is 5. The summed E-state index contributed by atoms with van der Waals surface area (Å²) in [7, 11) is 0. The maximum absolute atomic E-state index is 11.1. The first-order valence-corrected chi connectivity index (χ1v) is 3.76.